The third-order valence-electron chi connectivity index (χ3n) is 2.40. The van der Waals surface area contributed by atoms with Gasteiger partial charge in [-0.1, -0.05) is 6.07 Å². The predicted molar refractivity (Wildman–Crippen MR) is 81.7 cm³/mol. The van der Waals surface area contributed by atoms with Crippen LogP contribution in [-0.2, 0) is 14.3 Å². The van der Waals surface area contributed by atoms with Crippen molar-refractivity contribution in [3.8, 4) is 9.88 Å². The van der Waals surface area contributed by atoms with Crippen LogP contribution in [0.15, 0.2) is 17.5 Å². The maximum Gasteiger partial charge on any atom is 0.350 e. The van der Waals surface area contributed by atoms with Gasteiger partial charge in [-0.25, -0.2) is 14.6 Å². The van der Waals surface area contributed by atoms with Gasteiger partial charge in [-0.05, 0) is 32.2 Å². The average molecular weight is 325 g/mol. The minimum atomic E-state index is -0.556. The van der Waals surface area contributed by atoms with E-state index in [1.54, 1.807) is 32.1 Å². The normalized spacial score (nSPS) is 10.7. The molecule has 0 aliphatic carbocycles. The second kappa shape index (κ2) is 6.82. The van der Waals surface area contributed by atoms with Crippen LogP contribution in [0.4, 0.5) is 0 Å². The topological polar surface area (TPSA) is 65.5 Å². The number of aromatic nitrogens is 1. The molecule has 2 rings (SSSR count). The van der Waals surface area contributed by atoms with Gasteiger partial charge in [-0.2, -0.15) is 0 Å². The number of hydrogen-bond donors (Lipinski definition) is 0. The first-order chi connectivity index (χ1) is 9.97. The Morgan fingerprint density at radius 3 is 2.76 bits per heavy atom. The van der Waals surface area contributed by atoms with Gasteiger partial charge in [0.1, 0.15) is 9.88 Å². The minimum Gasteiger partial charge on any atom is -0.460 e. The largest absolute Gasteiger partial charge is 0.460 e. The molecule has 2 aromatic heterocycles. The van der Waals surface area contributed by atoms with E-state index < -0.39 is 11.9 Å². The summed E-state index contributed by atoms with van der Waals surface area (Å²) in [5, 5.41) is 2.73. The molecule has 0 aliphatic rings. The van der Waals surface area contributed by atoms with Gasteiger partial charge in [0.25, 0.3) is 0 Å². The molecule has 0 saturated heterocycles. The molecule has 0 N–H and O–H groups in total. The number of thiazole rings is 1. The van der Waals surface area contributed by atoms with E-state index in [0.717, 1.165) is 9.88 Å². The minimum absolute atomic E-state index is 0.230. The number of aryl methyl sites for hydroxylation is 1. The summed E-state index contributed by atoms with van der Waals surface area (Å²) in [6.07, 6.45) is -0.230. The summed E-state index contributed by atoms with van der Waals surface area (Å²) in [5.74, 6) is -1.10. The van der Waals surface area contributed by atoms with Gasteiger partial charge in [0, 0.05) is 0 Å². The molecule has 0 amide bonds. The Labute approximate surface area is 130 Å². The first-order valence-electron chi connectivity index (χ1n) is 6.35. The number of nitrogens with zero attached hydrogens (tertiary/aromatic N) is 1. The molecule has 7 heteroatoms. The second-order valence-corrected chi connectivity index (χ2v) is 6.47. The van der Waals surface area contributed by atoms with E-state index in [0.29, 0.717) is 10.6 Å². The van der Waals surface area contributed by atoms with Gasteiger partial charge in [-0.15, -0.1) is 22.7 Å². The Hall–Kier alpha value is -1.73. The van der Waals surface area contributed by atoms with E-state index in [1.807, 2.05) is 17.5 Å². The third-order valence-corrected chi connectivity index (χ3v) is 4.58. The zero-order valence-electron chi connectivity index (χ0n) is 11.9. The molecule has 21 heavy (non-hydrogen) atoms. The fourth-order valence-corrected chi connectivity index (χ4v) is 3.34. The molecule has 0 radical (unpaired) electrons. The van der Waals surface area contributed by atoms with Crippen LogP contribution in [0.25, 0.3) is 9.88 Å². The standard InChI is InChI=1S/C14H15NO4S2/c1-8(2)19-11(16)7-18-14(17)12-9(3)15-13(21-12)10-5-4-6-20-10/h4-6,8H,7H2,1-3H3. The average Bonchev–Trinajstić information content (AvgIpc) is 3.04. The maximum atomic E-state index is 12.0. The highest BCUT2D eigenvalue weighted by atomic mass is 32.1. The Kier molecular flexibility index (Phi) is 5.08. The summed E-state index contributed by atoms with van der Waals surface area (Å²) in [4.78, 5) is 29.1. The van der Waals surface area contributed by atoms with Crippen LogP contribution in [0.5, 0.6) is 0 Å². The highest BCUT2D eigenvalue weighted by molar-refractivity contribution is 7.22. The highest BCUT2D eigenvalue weighted by Crippen LogP contribution is 2.31. The molecule has 0 spiro atoms. The van der Waals surface area contributed by atoms with Crippen molar-refractivity contribution in [2.45, 2.75) is 26.9 Å². The summed E-state index contributed by atoms with van der Waals surface area (Å²) in [7, 11) is 0. The van der Waals surface area contributed by atoms with Crippen LogP contribution in [0.2, 0.25) is 0 Å². The van der Waals surface area contributed by atoms with Crippen LogP contribution < -0.4 is 0 Å². The van der Waals surface area contributed by atoms with Gasteiger partial charge in [0.2, 0.25) is 0 Å². The Balaban J connectivity index is 2.01. The highest BCUT2D eigenvalue weighted by Gasteiger charge is 2.19. The van der Waals surface area contributed by atoms with E-state index in [9.17, 15) is 9.59 Å². The smallest absolute Gasteiger partial charge is 0.350 e. The number of rotatable bonds is 5. The molecule has 0 unspecified atom stereocenters. The fraction of sp³-hybridized carbons (Fsp3) is 0.357. The van der Waals surface area contributed by atoms with Crippen molar-refractivity contribution in [3.63, 3.8) is 0 Å². The Morgan fingerprint density at radius 1 is 1.38 bits per heavy atom. The van der Waals surface area contributed by atoms with Crippen LogP contribution in [-0.4, -0.2) is 29.6 Å². The molecule has 112 valence electrons. The van der Waals surface area contributed by atoms with Gasteiger partial charge in [0.05, 0.1) is 16.7 Å². The van der Waals surface area contributed by atoms with Gasteiger partial charge in [0.15, 0.2) is 6.61 Å². The van der Waals surface area contributed by atoms with Crippen molar-refractivity contribution in [2.75, 3.05) is 6.61 Å². The van der Waals surface area contributed by atoms with Crippen molar-refractivity contribution in [1.82, 2.24) is 4.98 Å². The quantitative estimate of drug-likeness (QED) is 0.789. The monoisotopic (exact) mass is 325 g/mol. The van der Waals surface area contributed by atoms with Crippen LogP contribution >= 0.6 is 22.7 Å². The molecule has 0 aliphatic heterocycles. The number of ether oxygens (including phenoxy) is 2. The fourth-order valence-electron chi connectivity index (χ4n) is 1.58. The molecule has 5 nitrogen and oxygen atoms in total. The number of carbonyl (C=O) groups is 2. The van der Waals surface area contributed by atoms with E-state index in [2.05, 4.69) is 4.98 Å². The molecule has 0 fully saturated rings. The molecule has 0 saturated carbocycles. The lowest BCUT2D eigenvalue weighted by atomic mass is 10.4. The van der Waals surface area contributed by atoms with E-state index in [1.165, 1.54) is 11.3 Å². The lowest BCUT2D eigenvalue weighted by molar-refractivity contribution is -0.150. The number of carbonyl (C=O) groups excluding carboxylic acids is 2. The van der Waals surface area contributed by atoms with Crippen molar-refractivity contribution in [2.24, 2.45) is 0 Å². The zero-order valence-corrected chi connectivity index (χ0v) is 13.5. The van der Waals surface area contributed by atoms with Gasteiger partial charge in [-0.3, -0.25) is 0 Å². The molecule has 0 aromatic carbocycles. The molecule has 2 aromatic rings. The summed E-state index contributed by atoms with van der Waals surface area (Å²) < 4.78 is 9.87. The second-order valence-electron chi connectivity index (χ2n) is 4.53. The Morgan fingerprint density at radius 2 is 2.14 bits per heavy atom. The van der Waals surface area contributed by atoms with Gasteiger partial charge >= 0.3 is 11.9 Å². The molecular formula is C14H15NO4S2. The first kappa shape index (κ1) is 15.7. The van der Waals surface area contributed by atoms with Gasteiger partial charge < -0.3 is 9.47 Å². The molecule has 0 bridgehead atoms. The summed E-state index contributed by atoms with van der Waals surface area (Å²) in [6, 6.07) is 3.87. The van der Waals surface area contributed by atoms with Crippen molar-refractivity contribution < 1.29 is 19.1 Å². The SMILES string of the molecule is Cc1nc(-c2cccs2)sc1C(=O)OCC(=O)OC(C)C. The first-order valence-corrected chi connectivity index (χ1v) is 8.05. The third kappa shape index (κ3) is 4.12. The van der Waals surface area contributed by atoms with Crippen molar-refractivity contribution in [1.29, 1.82) is 0 Å². The van der Waals surface area contributed by atoms with Crippen LogP contribution in [0, 0.1) is 6.92 Å². The van der Waals surface area contributed by atoms with Crippen LogP contribution in [0.1, 0.15) is 29.2 Å². The van der Waals surface area contributed by atoms with Crippen molar-refractivity contribution in [3.05, 3.63) is 28.1 Å². The lowest BCUT2D eigenvalue weighted by Gasteiger charge is -2.07. The zero-order chi connectivity index (χ0) is 15.4. The number of hydrogen-bond acceptors (Lipinski definition) is 7. The predicted octanol–water partition coefficient (Wildman–Crippen LogP) is 3.29. The summed E-state index contributed by atoms with van der Waals surface area (Å²) in [6.45, 7) is 4.83. The Bertz CT molecular complexity index is 631. The van der Waals surface area contributed by atoms with Crippen LogP contribution in [0.3, 0.4) is 0 Å². The summed E-state index contributed by atoms with van der Waals surface area (Å²) in [5.41, 5.74) is 0.602. The lowest BCUT2D eigenvalue weighted by Crippen LogP contribution is -2.19. The maximum absolute atomic E-state index is 12.0. The molecule has 2 heterocycles. The molecule has 0 atom stereocenters. The van der Waals surface area contributed by atoms with E-state index in [-0.39, 0.29) is 12.7 Å². The van der Waals surface area contributed by atoms with Crippen molar-refractivity contribution >= 4 is 34.6 Å². The number of esters is 2. The van der Waals surface area contributed by atoms with E-state index >= 15 is 0 Å². The number of thiophene rings is 1. The summed E-state index contributed by atoms with van der Waals surface area (Å²) >= 11 is 2.82. The van der Waals surface area contributed by atoms with E-state index in [4.69, 9.17) is 9.47 Å². The molecular weight excluding hydrogens is 310 g/mol.